The van der Waals surface area contributed by atoms with Crippen molar-refractivity contribution in [2.24, 2.45) is 5.92 Å². The van der Waals surface area contributed by atoms with Gasteiger partial charge >= 0.3 is 6.09 Å². The van der Waals surface area contributed by atoms with E-state index in [9.17, 15) is 9.59 Å². The highest BCUT2D eigenvalue weighted by Gasteiger charge is 2.16. The minimum Gasteiger partial charge on any atom is -0.449 e. The Morgan fingerprint density at radius 1 is 1.10 bits per heavy atom. The van der Waals surface area contributed by atoms with E-state index in [2.05, 4.69) is 20.7 Å². The summed E-state index contributed by atoms with van der Waals surface area (Å²) in [5.41, 5.74) is 2.93. The van der Waals surface area contributed by atoms with Gasteiger partial charge in [-0.1, -0.05) is 19.9 Å². The van der Waals surface area contributed by atoms with Crippen molar-refractivity contribution < 1.29 is 14.3 Å². The molecule has 0 aliphatic rings. The Kier molecular flexibility index (Phi) is 6.34. The number of nitrogens with one attached hydrogen (secondary N) is 2. The minimum atomic E-state index is -0.528. The first-order chi connectivity index (χ1) is 14.2. The molecule has 2 heterocycles. The Bertz CT molecular complexity index is 1070. The molecule has 2 aromatic heterocycles. The molecule has 3 aromatic rings. The van der Waals surface area contributed by atoms with Crippen molar-refractivity contribution in [3.05, 3.63) is 47.8 Å². The molecule has 0 radical (unpaired) electrons. The van der Waals surface area contributed by atoms with Gasteiger partial charge in [0, 0.05) is 22.8 Å². The number of carbonyl (C=O) groups excluding carboxylic acids is 2. The number of hydrogen-bond donors (Lipinski definition) is 2. The van der Waals surface area contributed by atoms with Gasteiger partial charge in [0.15, 0.2) is 5.65 Å². The van der Waals surface area contributed by atoms with E-state index in [1.54, 1.807) is 43.5 Å². The fourth-order valence-corrected chi connectivity index (χ4v) is 2.94. The first-order valence-corrected chi connectivity index (χ1v) is 9.94. The SMILES string of the molecule is Cc1nc2c(cnn2C(C)C)cc1C(=O)Nc1cccc(NC(=O)OCC(C)C)c1. The smallest absolute Gasteiger partial charge is 0.411 e. The second-order valence-electron chi connectivity index (χ2n) is 7.87. The molecule has 8 nitrogen and oxygen atoms in total. The lowest BCUT2D eigenvalue weighted by atomic mass is 10.1. The number of anilines is 2. The second-order valence-corrected chi connectivity index (χ2v) is 7.87. The Labute approximate surface area is 175 Å². The van der Waals surface area contributed by atoms with Gasteiger partial charge in [-0.2, -0.15) is 5.10 Å². The summed E-state index contributed by atoms with van der Waals surface area (Å²) in [5.74, 6) is -0.0260. The summed E-state index contributed by atoms with van der Waals surface area (Å²) in [4.78, 5) is 29.3. The van der Waals surface area contributed by atoms with E-state index in [0.717, 1.165) is 11.0 Å². The summed E-state index contributed by atoms with van der Waals surface area (Å²) in [6.45, 7) is 10.1. The van der Waals surface area contributed by atoms with Crippen molar-refractivity contribution in [3.63, 3.8) is 0 Å². The summed E-state index contributed by atoms with van der Waals surface area (Å²) < 4.78 is 6.95. The average Bonchev–Trinajstić information content (AvgIpc) is 3.09. The third-order valence-electron chi connectivity index (χ3n) is 4.41. The number of rotatable bonds is 6. The number of pyridine rings is 1. The molecule has 0 saturated heterocycles. The summed E-state index contributed by atoms with van der Waals surface area (Å²) in [7, 11) is 0. The first kappa shape index (κ1) is 21.3. The van der Waals surface area contributed by atoms with Gasteiger partial charge in [-0.05, 0) is 51.0 Å². The van der Waals surface area contributed by atoms with Gasteiger partial charge in [-0.15, -0.1) is 0 Å². The molecule has 0 aliphatic heterocycles. The van der Waals surface area contributed by atoms with Crippen LogP contribution in [-0.4, -0.2) is 33.4 Å². The predicted molar refractivity (Wildman–Crippen MR) is 117 cm³/mol. The van der Waals surface area contributed by atoms with Gasteiger partial charge < -0.3 is 10.1 Å². The maximum Gasteiger partial charge on any atom is 0.411 e. The third-order valence-corrected chi connectivity index (χ3v) is 4.41. The molecule has 8 heteroatoms. The number of amides is 2. The van der Waals surface area contributed by atoms with Gasteiger partial charge in [0.1, 0.15) is 0 Å². The van der Waals surface area contributed by atoms with E-state index >= 15 is 0 Å². The Hall–Kier alpha value is -3.42. The van der Waals surface area contributed by atoms with E-state index in [4.69, 9.17) is 4.74 Å². The Morgan fingerprint density at radius 2 is 1.80 bits per heavy atom. The van der Waals surface area contributed by atoms with E-state index in [1.807, 2.05) is 32.4 Å². The number of ether oxygens (including phenoxy) is 1. The van der Waals surface area contributed by atoms with Crippen molar-refractivity contribution in [1.29, 1.82) is 0 Å². The fraction of sp³-hybridized carbons (Fsp3) is 0.364. The number of benzene rings is 1. The fourth-order valence-electron chi connectivity index (χ4n) is 2.94. The molecular formula is C22H27N5O3. The van der Waals surface area contributed by atoms with Crippen molar-refractivity contribution in [2.75, 3.05) is 17.2 Å². The first-order valence-electron chi connectivity index (χ1n) is 9.94. The number of fused-ring (bicyclic) bond motifs is 1. The van der Waals surface area contributed by atoms with E-state index in [1.165, 1.54) is 0 Å². The lowest BCUT2D eigenvalue weighted by Gasteiger charge is -2.12. The van der Waals surface area contributed by atoms with Crippen LogP contribution >= 0.6 is 0 Å². The summed E-state index contributed by atoms with van der Waals surface area (Å²) >= 11 is 0. The van der Waals surface area contributed by atoms with Crippen LogP contribution in [0.25, 0.3) is 11.0 Å². The lowest BCUT2D eigenvalue weighted by molar-refractivity contribution is 0.102. The van der Waals surface area contributed by atoms with Crippen LogP contribution in [0.2, 0.25) is 0 Å². The molecule has 2 N–H and O–H groups in total. The van der Waals surface area contributed by atoms with Crippen LogP contribution < -0.4 is 10.6 Å². The molecule has 3 rings (SSSR count). The molecule has 0 spiro atoms. The lowest BCUT2D eigenvalue weighted by Crippen LogP contribution is -2.17. The highest BCUT2D eigenvalue weighted by atomic mass is 16.5. The third kappa shape index (κ3) is 4.94. The Morgan fingerprint density at radius 3 is 2.47 bits per heavy atom. The summed E-state index contributed by atoms with van der Waals surface area (Å²) in [6, 6.07) is 8.87. The quantitative estimate of drug-likeness (QED) is 0.611. The number of hydrogen-bond acceptors (Lipinski definition) is 5. The normalized spacial score (nSPS) is 11.2. The molecule has 0 bridgehead atoms. The Balaban J connectivity index is 1.74. The van der Waals surface area contributed by atoms with Gasteiger partial charge in [0.25, 0.3) is 5.91 Å². The van der Waals surface area contributed by atoms with Crippen LogP contribution in [0.5, 0.6) is 0 Å². The molecule has 0 saturated carbocycles. The maximum atomic E-state index is 12.8. The van der Waals surface area contributed by atoms with Crippen LogP contribution in [0, 0.1) is 12.8 Å². The molecular weight excluding hydrogens is 382 g/mol. The number of carbonyl (C=O) groups is 2. The second kappa shape index (κ2) is 8.94. The maximum absolute atomic E-state index is 12.8. The highest BCUT2D eigenvalue weighted by molar-refractivity contribution is 6.06. The van der Waals surface area contributed by atoms with E-state index < -0.39 is 6.09 Å². The molecule has 30 heavy (non-hydrogen) atoms. The van der Waals surface area contributed by atoms with Crippen LogP contribution in [0.15, 0.2) is 36.5 Å². The highest BCUT2D eigenvalue weighted by Crippen LogP contribution is 2.21. The molecule has 1 aromatic carbocycles. The molecule has 0 atom stereocenters. The standard InChI is InChI=1S/C22H27N5O3/c1-13(2)12-30-22(29)26-18-8-6-7-17(10-18)25-21(28)19-9-16-11-23-27(14(3)4)20(16)24-15(19)5/h6-11,13-14H,12H2,1-5H3,(H,25,28)(H,26,29). The summed E-state index contributed by atoms with van der Waals surface area (Å²) in [6.07, 6.45) is 1.19. The van der Waals surface area contributed by atoms with Gasteiger partial charge in [-0.25, -0.2) is 14.5 Å². The number of aryl methyl sites for hydroxylation is 1. The number of nitrogens with zero attached hydrogens (tertiary/aromatic N) is 3. The van der Waals surface area contributed by atoms with Crippen LogP contribution in [0.3, 0.4) is 0 Å². The van der Waals surface area contributed by atoms with E-state index in [0.29, 0.717) is 29.2 Å². The van der Waals surface area contributed by atoms with Gasteiger partial charge in [-0.3, -0.25) is 10.1 Å². The van der Waals surface area contributed by atoms with Gasteiger partial charge in [0.05, 0.1) is 24.1 Å². The summed E-state index contributed by atoms with van der Waals surface area (Å²) in [5, 5.41) is 10.7. The molecule has 158 valence electrons. The van der Waals surface area contributed by atoms with Crippen molar-refractivity contribution in [2.45, 2.75) is 40.7 Å². The zero-order valence-electron chi connectivity index (χ0n) is 17.9. The number of aromatic nitrogens is 3. The van der Waals surface area contributed by atoms with Crippen molar-refractivity contribution in [1.82, 2.24) is 14.8 Å². The predicted octanol–water partition coefficient (Wildman–Crippen LogP) is 4.78. The van der Waals surface area contributed by atoms with Crippen LogP contribution in [0.1, 0.15) is 49.8 Å². The van der Waals surface area contributed by atoms with Crippen molar-refractivity contribution in [3.8, 4) is 0 Å². The molecule has 0 unspecified atom stereocenters. The minimum absolute atomic E-state index is 0.177. The zero-order chi connectivity index (χ0) is 21.8. The molecule has 0 aliphatic carbocycles. The van der Waals surface area contributed by atoms with Crippen LogP contribution in [0.4, 0.5) is 16.2 Å². The van der Waals surface area contributed by atoms with Crippen LogP contribution in [-0.2, 0) is 4.74 Å². The molecule has 2 amide bonds. The largest absolute Gasteiger partial charge is 0.449 e. The zero-order valence-corrected chi connectivity index (χ0v) is 17.9. The van der Waals surface area contributed by atoms with E-state index in [-0.39, 0.29) is 17.9 Å². The van der Waals surface area contributed by atoms with Crippen molar-refractivity contribution >= 4 is 34.4 Å². The molecule has 0 fully saturated rings. The average molecular weight is 409 g/mol. The topological polar surface area (TPSA) is 98.1 Å². The monoisotopic (exact) mass is 409 g/mol. The van der Waals surface area contributed by atoms with Gasteiger partial charge in [0.2, 0.25) is 0 Å².